The van der Waals surface area contributed by atoms with E-state index in [0.29, 0.717) is 10.9 Å². The Hall–Kier alpha value is -1.81. The van der Waals surface area contributed by atoms with Crippen molar-refractivity contribution in [1.82, 2.24) is 9.97 Å². The van der Waals surface area contributed by atoms with Crippen LogP contribution in [0.1, 0.15) is 37.8 Å². The lowest BCUT2D eigenvalue weighted by Gasteiger charge is -2.18. The van der Waals surface area contributed by atoms with E-state index >= 15 is 0 Å². The van der Waals surface area contributed by atoms with Gasteiger partial charge in [0.2, 0.25) is 0 Å². The second-order valence-electron chi connectivity index (χ2n) is 5.23. The first-order chi connectivity index (χ1) is 10.0. The highest BCUT2D eigenvalue weighted by atomic mass is 35.5. The van der Waals surface area contributed by atoms with E-state index in [4.69, 9.17) is 11.6 Å². The molecular formula is C16H21ClN4. The monoisotopic (exact) mass is 304 g/mol. The van der Waals surface area contributed by atoms with E-state index in [1.807, 2.05) is 25.1 Å². The number of rotatable bonds is 5. The fourth-order valence-corrected chi connectivity index (χ4v) is 2.53. The van der Waals surface area contributed by atoms with Crippen molar-refractivity contribution in [2.24, 2.45) is 0 Å². The highest BCUT2D eigenvalue weighted by Gasteiger charge is 2.16. The number of halogens is 1. The molecule has 0 bridgehead atoms. The Morgan fingerprint density at radius 3 is 2.52 bits per heavy atom. The highest BCUT2D eigenvalue weighted by molar-refractivity contribution is 6.33. The number of benzene rings is 1. The van der Waals surface area contributed by atoms with Gasteiger partial charge in [0.15, 0.2) is 0 Å². The second-order valence-corrected chi connectivity index (χ2v) is 5.63. The van der Waals surface area contributed by atoms with Crippen LogP contribution in [0.4, 0.5) is 17.3 Å². The van der Waals surface area contributed by atoms with Gasteiger partial charge in [-0.1, -0.05) is 37.6 Å². The lowest BCUT2D eigenvalue weighted by Crippen LogP contribution is -2.09. The maximum Gasteiger partial charge on any atom is 0.139 e. The molecule has 112 valence electrons. The van der Waals surface area contributed by atoms with Crippen LogP contribution < -0.4 is 10.6 Å². The smallest absolute Gasteiger partial charge is 0.139 e. The van der Waals surface area contributed by atoms with Gasteiger partial charge in [-0.15, -0.1) is 0 Å². The molecule has 0 aliphatic carbocycles. The van der Waals surface area contributed by atoms with Gasteiger partial charge in [0, 0.05) is 12.1 Å². The minimum Gasteiger partial charge on any atom is -0.370 e. The summed E-state index contributed by atoms with van der Waals surface area (Å²) in [6.07, 6.45) is 1.57. The van der Waals surface area contributed by atoms with Crippen LogP contribution in [0.25, 0.3) is 0 Å². The number of nitrogens with one attached hydrogen (secondary N) is 2. The van der Waals surface area contributed by atoms with Crippen molar-refractivity contribution in [3.63, 3.8) is 0 Å². The second kappa shape index (κ2) is 6.76. The molecule has 0 saturated carbocycles. The Kier molecular flexibility index (Phi) is 5.02. The molecule has 0 amide bonds. The molecule has 21 heavy (non-hydrogen) atoms. The van der Waals surface area contributed by atoms with E-state index in [2.05, 4.69) is 41.4 Å². The Morgan fingerprint density at radius 2 is 1.90 bits per heavy atom. The van der Waals surface area contributed by atoms with Gasteiger partial charge in [-0.25, -0.2) is 9.97 Å². The maximum atomic E-state index is 6.29. The summed E-state index contributed by atoms with van der Waals surface area (Å²) in [5.74, 6) is 1.97. The average molecular weight is 305 g/mol. The maximum absolute atomic E-state index is 6.29. The van der Waals surface area contributed by atoms with Gasteiger partial charge >= 0.3 is 0 Å². The molecule has 1 heterocycles. The minimum atomic E-state index is 0.297. The summed E-state index contributed by atoms with van der Waals surface area (Å²) in [6, 6.07) is 5.84. The zero-order valence-corrected chi connectivity index (χ0v) is 13.6. The molecule has 0 atom stereocenters. The summed E-state index contributed by atoms with van der Waals surface area (Å²) in [7, 11) is 0. The summed E-state index contributed by atoms with van der Waals surface area (Å²) in [5, 5.41) is 7.34. The first-order valence-corrected chi connectivity index (χ1v) is 7.53. The molecule has 2 aromatic rings. The molecule has 0 spiro atoms. The van der Waals surface area contributed by atoms with Gasteiger partial charge < -0.3 is 10.6 Å². The predicted molar refractivity (Wildman–Crippen MR) is 89.8 cm³/mol. The Morgan fingerprint density at radius 1 is 1.19 bits per heavy atom. The fraction of sp³-hybridized carbons (Fsp3) is 0.375. The molecule has 5 heteroatoms. The molecule has 0 fully saturated rings. The third kappa shape index (κ3) is 3.45. The van der Waals surface area contributed by atoms with Crippen LogP contribution in [-0.2, 0) is 0 Å². The molecule has 4 nitrogen and oxygen atoms in total. The third-order valence-electron chi connectivity index (χ3n) is 3.27. The molecule has 0 aliphatic heterocycles. The molecule has 2 rings (SSSR count). The molecule has 1 aromatic heterocycles. The van der Waals surface area contributed by atoms with Gasteiger partial charge in [0.1, 0.15) is 18.0 Å². The lowest BCUT2D eigenvalue weighted by molar-refractivity contribution is 0.849. The van der Waals surface area contributed by atoms with Crippen molar-refractivity contribution in [3.8, 4) is 0 Å². The SMILES string of the molecule is CCNc1ncnc(Nc2c(C)cccc2Cl)c1C(C)C. The van der Waals surface area contributed by atoms with Crippen molar-refractivity contribution in [1.29, 1.82) is 0 Å². The topological polar surface area (TPSA) is 49.8 Å². The first kappa shape index (κ1) is 15.6. The van der Waals surface area contributed by atoms with Crippen molar-refractivity contribution in [3.05, 3.63) is 40.7 Å². The van der Waals surface area contributed by atoms with Gasteiger partial charge in [-0.3, -0.25) is 0 Å². The van der Waals surface area contributed by atoms with Crippen LogP contribution in [0, 0.1) is 6.92 Å². The quantitative estimate of drug-likeness (QED) is 0.838. The summed E-state index contributed by atoms with van der Waals surface area (Å²) >= 11 is 6.29. The number of para-hydroxylation sites is 1. The minimum absolute atomic E-state index is 0.297. The van der Waals surface area contributed by atoms with E-state index in [1.54, 1.807) is 6.33 Å². The average Bonchev–Trinajstić information content (AvgIpc) is 2.43. The number of nitrogens with zero attached hydrogens (tertiary/aromatic N) is 2. The molecule has 0 saturated heterocycles. The van der Waals surface area contributed by atoms with Crippen LogP contribution >= 0.6 is 11.6 Å². The van der Waals surface area contributed by atoms with Crippen LogP contribution in [0.2, 0.25) is 5.02 Å². The van der Waals surface area contributed by atoms with Crippen molar-refractivity contribution in [2.75, 3.05) is 17.2 Å². The molecule has 0 radical (unpaired) electrons. The number of hydrogen-bond acceptors (Lipinski definition) is 4. The molecular weight excluding hydrogens is 284 g/mol. The Balaban J connectivity index is 2.47. The number of hydrogen-bond donors (Lipinski definition) is 2. The van der Waals surface area contributed by atoms with E-state index in [-0.39, 0.29) is 0 Å². The van der Waals surface area contributed by atoms with Crippen LogP contribution in [-0.4, -0.2) is 16.5 Å². The first-order valence-electron chi connectivity index (χ1n) is 7.15. The van der Waals surface area contributed by atoms with Gasteiger partial charge in [0.05, 0.1) is 10.7 Å². The number of aromatic nitrogens is 2. The van der Waals surface area contributed by atoms with E-state index in [9.17, 15) is 0 Å². The summed E-state index contributed by atoms with van der Waals surface area (Å²) in [6.45, 7) is 9.16. The molecule has 1 aromatic carbocycles. The largest absolute Gasteiger partial charge is 0.370 e. The zero-order valence-electron chi connectivity index (χ0n) is 12.9. The van der Waals surface area contributed by atoms with E-state index in [0.717, 1.165) is 35.0 Å². The van der Waals surface area contributed by atoms with Gasteiger partial charge in [-0.05, 0) is 31.4 Å². The molecule has 2 N–H and O–H groups in total. The van der Waals surface area contributed by atoms with Gasteiger partial charge in [-0.2, -0.15) is 0 Å². The van der Waals surface area contributed by atoms with E-state index in [1.165, 1.54) is 0 Å². The summed E-state index contributed by atoms with van der Waals surface area (Å²) in [5.41, 5.74) is 3.04. The van der Waals surface area contributed by atoms with E-state index < -0.39 is 0 Å². The normalized spacial score (nSPS) is 10.8. The Labute approximate surface area is 131 Å². The van der Waals surface area contributed by atoms with Crippen molar-refractivity contribution >= 4 is 28.9 Å². The predicted octanol–water partition coefficient (Wildman–Crippen LogP) is 4.74. The highest BCUT2D eigenvalue weighted by Crippen LogP contribution is 2.33. The number of aryl methyl sites for hydroxylation is 1. The third-order valence-corrected chi connectivity index (χ3v) is 3.59. The van der Waals surface area contributed by atoms with Crippen molar-refractivity contribution in [2.45, 2.75) is 33.6 Å². The lowest BCUT2D eigenvalue weighted by atomic mass is 10.0. The summed E-state index contributed by atoms with van der Waals surface area (Å²) < 4.78 is 0. The van der Waals surface area contributed by atoms with Crippen LogP contribution in [0.5, 0.6) is 0 Å². The zero-order chi connectivity index (χ0) is 15.4. The Bertz CT molecular complexity index is 605. The standard InChI is InChI=1S/C16H21ClN4/c1-5-18-15-13(10(2)3)16(20-9-19-15)21-14-11(4)7-6-8-12(14)17/h6-10H,5H2,1-4H3,(H2,18,19,20,21). The van der Waals surface area contributed by atoms with Crippen LogP contribution in [0.3, 0.4) is 0 Å². The summed E-state index contributed by atoms with van der Waals surface area (Å²) in [4.78, 5) is 8.74. The van der Waals surface area contributed by atoms with Crippen molar-refractivity contribution < 1.29 is 0 Å². The van der Waals surface area contributed by atoms with Gasteiger partial charge in [0.25, 0.3) is 0 Å². The molecule has 0 aliphatic rings. The molecule has 0 unspecified atom stereocenters. The number of anilines is 3. The fourth-order valence-electron chi connectivity index (χ4n) is 2.26. The van der Waals surface area contributed by atoms with Crippen LogP contribution in [0.15, 0.2) is 24.5 Å².